The molecule has 4 nitrogen and oxygen atoms in total. The van der Waals surface area contributed by atoms with E-state index in [1.807, 2.05) is 13.8 Å². The third kappa shape index (κ3) is 1.88. The van der Waals surface area contributed by atoms with Crippen LogP contribution in [-0.4, -0.2) is 35.0 Å². The van der Waals surface area contributed by atoms with Gasteiger partial charge in [0.15, 0.2) is 0 Å². The monoisotopic (exact) mass is 216 g/mol. The van der Waals surface area contributed by atoms with Crippen molar-refractivity contribution in [3.63, 3.8) is 0 Å². The summed E-state index contributed by atoms with van der Waals surface area (Å²) in [6.07, 6.45) is 1.74. The van der Waals surface area contributed by atoms with Gasteiger partial charge in [-0.15, -0.1) is 0 Å². The minimum absolute atomic E-state index is 0.403. The summed E-state index contributed by atoms with van der Waals surface area (Å²) < 4.78 is 5.18. The highest BCUT2D eigenvalue weighted by Gasteiger charge is 2.54. The molecule has 1 saturated heterocycles. The molecule has 1 heterocycles. The van der Waals surface area contributed by atoms with E-state index in [4.69, 9.17) is 4.74 Å². The molecule has 0 aromatic rings. The molecule has 0 bridgehead atoms. The normalized spacial score (nSPS) is 21.3. The van der Waals surface area contributed by atoms with E-state index in [1.54, 1.807) is 0 Å². The SMILES string of the molecule is CCC(O)(CC)C1(C(=O)O)CCOCC1. The Bertz CT molecular complexity index is 227. The van der Waals surface area contributed by atoms with Crippen LogP contribution in [0, 0.1) is 5.41 Å². The second-order valence-corrected chi connectivity index (χ2v) is 4.24. The van der Waals surface area contributed by atoms with Crippen molar-refractivity contribution in [2.45, 2.75) is 45.1 Å². The smallest absolute Gasteiger partial charge is 0.312 e. The van der Waals surface area contributed by atoms with E-state index in [-0.39, 0.29) is 0 Å². The van der Waals surface area contributed by atoms with Crippen LogP contribution in [0.2, 0.25) is 0 Å². The molecule has 0 spiro atoms. The van der Waals surface area contributed by atoms with Gasteiger partial charge in [-0.25, -0.2) is 0 Å². The number of rotatable bonds is 4. The molecule has 4 heteroatoms. The van der Waals surface area contributed by atoms with Crippen LogP contribution in [0.4, 0.5) is 0 Å². The van der Waals surface area contributed by atoms with Gasteiger partial charge in [-0.2, -0.15) is 0 Å². The number of carboxylic acids is 1. The molecule has 0 aromatic carbocycles. The molecule has 88 valence electrons. The van der Waals surface area contributed by atoms with E-state index in [0.29, 0.717) is 38.9 Å². The number of aliphatic hydroxyl groups is 1. The standard InChI is InChI=1S/C11H20O4/c1-3-11(14,4-2)10(9(12)13)5-7-15-8-6-10/h14H,3-8H2,1-2H3,(H,12,13). The van der Waals surface area contributed by atoms with Gasteiger partial charge < -0.3 is 14.9 Å². The zero-order valence-corrected chi connectivity index (χ0v) is 9.45. The van der Waals surface area contributed by atoms with Gasteiger partial charge in [0, 0.05) is 13.2 Å². The molecule has 1 aliphatic rings. The van der Waals surface area contributed by atoms with Gasteiger partial charge in [0.05, 0.1) is 5.60 Å². The average Bonchev–Trinajstić information content (AvgIpc) is 2.28. The summed E-state index contributed by atoms with van der Waals surface area (Å²) in [5.74, 6) is -0.892. The van der Waals surface area contributed by atoms with Crippen molar-refractivity contribution in [1.29, 1.82) is 0 Å². The zero-order valence-electron chi connectivity index (χ0n) is 9.45. The molecule has 15 heavy (non-hydrogen) atoms. The molecule has 0 radical (unpaired) electrons. The predicted molar refractivity (Wildman–Crippen MR) is 55.7 cm³/mol. The Morgan fingerprint density at radius 2 is 1.80 bits per heavy atom. The van der Waals surface area contributed by atoms with Gasteiger partial charge in [-0.3, -0.25) is 4.79 Å². The summed E-state index contributed by atoms with van der Waals surface area (Å²) in [5, 5.41) is 19.8. The maximum absolute atomic E-state index is 11.4. The molecule has 1 fully saturated rings. The topological polar surface area (TPSA) is 66.8 Å². The van der Waals surface area contributed by atoms with Crippen molar-refractivity contribution in [1.82, 2.24) is 0 Å². The summed E-state index contributed by atoms with van der Waals surface area (Å²) in [4.78, 5) is 11.4. The molecule has 0 unspecified atom stereocenters. The third-order valence-electron chi connectivity index (χ3n) is 3.82. The summed E-state index contributed by atoms with van der Waals surface area (Å²) in [5.41, 5.74) is -2.13. The highest BCUT2D eigenvalue weighted by atomic mass is 16.5. The highest BCUT2D eigenvalue weighted by molar-refractivity contribution is 5.76. The van der Waals surface area contributed by atoms with Crippen molar-refractivity contribution in [3.8, 4) is 0 Å². The molecule has 0 atom stereocenters. The van der Waals surface area contributed by atoms with Crippen molar-refractivity contribution in [2.75, 3.05) is 13.2 Å². The first kappa shape index (κ1) is 12.5. The van der Waals surface area contributed by atoms with Crippen LogP contribution in [-0.2, 0) is 9.53 Å². The number of hydrogen-bond acceptors (Lipinski definition) is 3. The molecule has 2 N–H and O–H groups in total. The molecular weight excluding hydrogens is 196 g/mol. The van der Waals surface area contributed by atoms with E-state index in [1.165, 1.54) is 0 Å². The fraction of sp³-hybridized carbons (Fsp3) is 0.909. The van der Waals surface area contributed by atoms with Crippen LogP contribution in [0.1, 0.15) is 39.5 Å². The lowest BCUT2D eigenvalue weighted by atomic mass is 9.64. The number of carbonyl (C=O) groups is 1. The molecular formula is C11H20O4. The number of aliphatic carboxylic acids is 1. The fourth-order valence-corrected chi connectivity index (χ4v) is 2.52. The maximum atomic E-state index is 11.4. The Hall–Kier alpha value is -0.610. The van der Waals surface area contributed by atoms with Gasteiger partial charge in [0.2, 0.25) is 0 Å². The van der Waals surface area contributed by atoms with Gasteiger partial charge in [0.25, 0.3) is 0 Å². The Morgan fingerprint density at radius 3 is 2.13 bits per heavy atom. The van der Waals surface area contributed by atoms with Crippen molar-refractivity contribution >= 4 is 5.97 Å². The summed E-state index contributed by atoms with van der Waals surface area (Å²) in [7, 11) is 0. The number of hydrogen-bond donors (Lipinski definition) is 2. The first-order valence-corrected chi connectivity index (χ1v) is 5.56. The van der Waals surface area contributed by atoms with Gasteiger partial charge in [-0.05, 0) is 25.7 Å². The van der Waals surface area contributed by atoms with Crippen molar-refractivity contribution in [2.24, 2.45) is 5.41 Å². The Kier molecular flexibility index (Phi) is 3.73. The fourth-order valence-electron chi connectivity index (χ4n) is 2.52. The molecule has 1 rings (SSSR count). The molecule has 0 amide bonds. The molecule has 1 aliphatic heterocycles. The lowest BCUT2D eigenvalue weighted by Crippen LogP contribution is -2.55. The average molecular weight is 216 g/mol. The number of carboxylic acid groups (broad SMARTS) is 1. The third-order valence-corrected chi connectivity index (χ3v) is 3.82. The first-order chi connectivity index (χ1) is 7.02. The van der Waals surface area contributed by atoms with E-state index >= 15 is 0 Å². The lowest BCUT2D eigenvalue weighted by Gasteiger charge is -2.45. The van der Waals surface area contributed by atoms with Crippen LogP contribution in [0.3, 0.4) is 0 Å². The molecule has 0 aliphatic carbocycles. The summed E-state index contributed by atoms with van der Waals surface area (Å²) >= 11 is 0. The second-order valence-electron chi connectivity index (χ2n) is 4.24. The van der Waals surface area contributed by atoms with Crippen LogP contribution < -0.4 is 0 Å². The van der Waals surface area contributed by atoms with Gasteiger partial charge in [-0.1, -0.05) is 13.8 Å². The minimum atomic E-state index is -1.11. The van der Waals surface area contributed by atoms with E-state index in [0.717, 1.165) is 0 Å². The van der Waals surface area contributed by atoms with Crippen molar-refractivity contribution in [3.05, 3.63) is 0 Å². The first-order valence-electron chi connectivity index (χ1n) is 5.56. The predicted octanol–water partition coefficient (Wildman–Crippen LogP) is 1.42. The lowest BCUT2D eigenvalue weighted by molar-refractivity contribution is -0.185. The van der Waals surface area contributed by atoms with Crippen LogP contribution in [0.25, 0.3) is 0 Å². The Morgan fingerprint density at radius 1 is 1.33 bits per heavy atom. The number of ether oxygens (including phenoxy) is 1. The zero-order chi connectivity index (χ0) is 11.5. The van der Waals surface area contributed by atoms with Gasteiger partial charge in [0.1, 0.15) is 5.41 Å². The van der Waals surface area contributed by atoms with E-state index in [9.17, 15) is 15.0 Å². The second kappa shape index (κ2) is 4.49. The Labute approximate surface area is 90.2 Å². The summed E-state index contributed by atoms with van der Waals surface area (Å²) in [6, 6.07) is 0. The highest BCUT2D eigenvalue weighted by Crippen LogP contribution is 2.45. The van der Waals surface area contributed by atoms with Gasteiger partial charge >= 0.3 is 5.97 Å². The minimum Gasteiger partial charge on any atom is -0.481 e. The van der Waals surface area contributed by atoms with Crippen LogP contribution in [0.5, 0.6) is 0 Å². The maximum Gasteiger partial charge on any atom is 0.312 e. The van der Waals surface area contributed by atoms with E-state index < -0.39 is 17.0 Å². The quantitative estimate of drug-likeness (QED) is 0.745. The van der Waals surface area contributed by atoms with Crippen LogP contribution in [0.15, 0.2) is 0 Å². The summed E-state index contributed by atoms with van der Waals surface area (Å²) in [6.45, 7) is 4.52. The Balaban J connectivity index is 3.03. The largest absolute Gasteiger partial charge is 0.481 e. The molecule has 0 saturated carbocycles. The van der Waals surface area contributed by atoms with E-state index in [2.05, 4.69) is 0 Å². The van der Waals surface area contributed by atoms with Crippen LogP contribution >= 0.6 is 0 Å². The molecule has 0 aromatic heterocycles. The van der Waals surface area contributed by atoms with Crippen molar-refractivity contribution < 1.29 is 19.7 Å².